The van der Waals surface area contributed by atoms with Gasteiger partial charge in [-0.2, -0.15) is 5.10 Å². The molecule has 0 fully saturated rings. The largest absolute Gasteiger partial charge is 0.380 e. The van der Waals surface area contributed by atoms with Crippen molar-refractivity contribution in [1.82, 2.24) is 15.1 Å². The molecule has 2 unspecified atom stereocenters. The summed E-state index contributed by atoms with van der Waals surface area (Å²) < 4.78 is 7.51. The number of aryl methyl sites for hydroxylation is 2. The van der Waals surface area contributed by atoms with Crippen molar-refractivity contribution in [3.05, 3.63) is 18.0 Å². The summed E-state index contributed by atoms with van der Waals surface area (Å²) in [4.78, 5) is 0. The fraction of sp³-hybridized carbons (Fsp3) is 0.769. The zero-order chi connectivity index (χ0) is 12.8. The molecule has 0 saturated carbocycles. The summed E-state index contributed by atoms with van der Waals surface area (Å²) in [5.74, 6) is 0.518. The van der Waals surface area contributed by atoms with Gasteiger partial charge in [-0.25, -0.2) is 0 Å². The third-order valence-electron chi connectivity index (χ3n) is 3.33. The molecule has 4 nitrogen and oxygen atoms in total. The molecular weight excluding hydrogens is 214 g/mol. The van der Waals surface area contributed by atoms with E-state index in [1.54, 1.807) is 7.11 Å². The highest BCUT2D eigenvalue weighted by Gasteiger charge is 2.22. The molecule has 0 saturated heterocycles. The van der Waals surface area contributed by atoms with Gasteiger partial charge in [0.2, 0.25) is 0 Å². The van der Waals surface area contributed by atoms with E-state index in [0.717, 1.165) is 12.8 Å². The van der Waals surface area contributed by atoms with E-state index >= 15 is 0 Å². The van der Waals surface area contributed by atoms with E-state index in [1.807, 2.05) is 25.0 Å². The SMILES string of the molecule is CNC(CCc1ccnn1C)C(OC)C(C)C. The van der Waals surface area contributed by atoms with Crippen molar-refractivity contribution < 1.29 is 4.74 Å². The lowest BCUT2D eigenvalue weighted by atomic mass is 9.95. The molecule has 0 amide bonds. The third kappa shape index (κ3) is 3.82. The van der Waals surface area contributed by atoms with Gasteiger partial charge < -0.3 is 10.1 Å². The number of nitrogens with zero attached hydrogens (tertiary/aromatic N) is 2. The Morgan fingerprint density at radius 3 is 2.59 bits per heavy atom. The molecule has 1 N–H and O–H groups in total. The number of ether oxygens (including phenoxy) is 1. The average Bonchev–Trinajstić information content (AvgIpc) is 2.69. The molecule has 17 heavy (non-hydrogen) atoms. The van der Waals surface area contributed by atoms with Crippen LogP contribution in [0, 0.1) is 5.92 Å². The van der Waals surface area contributed by atoms with Crippen LogP contribution in [0.2, 0.25) is 0 Å². The highest BCUT2D eigenvalue weighted by atomic mass is 16.5. The van der Waals surface area contributed by atoms with Crippen LogP contribution in [0.3, 0.4) is 0 Å². The van der Waals surface area contributed by atoms with Gasteiger partial charge in [0, 0.05) is 32.1 Å². The number of methoxy groups -OCH3 is 1. The molecule has 98 valence electrons. The molecule has 0 spiro atoms. The van der Waals surface area contributed by atoms with Gasteiger partial charge in [0.05, 0.1) is 6.10 Å². The summed E-state index contributed by atoms with van der Waals surface area (Å²) >= 11 is 0. The minimum absolute atomic E-state index is 0.258. The second-order valence-electron chi connectivity index (χ2n) is 4.82. The minimum Gasteiger partial charge on any atom is -0.380 e. The monoisotopic (exact) mass is 239 g/mol. The van der Waals surface area contributed by atoms with Crippen LogP contribution in [0.25, 0.3) is 0 Å². The predicted molar refractivity (Wildman–Crippen MR) is 70.0 cm³/mol. The van der Waals surface area contributed by atoms with Gasteiger partial charge in [-0.15, -0.1) is 0 Å². The molecule has 0 radical (unpaired) electrons. The van der Waals surface area contributed by atoms with Crippen LogP contribution in [0.5, 0.6) is 0 Å². The van der Waals surface area contributed by atoms with Crippen LogP contribution in [-0.4, -0.2) is 36.1 Å². The summed E-state index contributed by atoms with van der Waals surface area (Å²) in [7, 11) is 5.78. The Labute approximate surface area is 104 Å². The number of hydrogen-bond acceptors (Lipinski definition) is 3. The van der Waals surface area contributed by atoms with Crippen molar-refractivity contribution in [1.29, 1.82) is 0 Å². The fourth-order valence-electron chi connectivity index (χ4n) is 2.32. The Morgan fingerprint density at radius 1 is 1.47 bits per heavy atom. The normalized spacial score (nSPS) is 15.2. The van der Waals surface area contributed by atoms with Gasteiger partial charge in [0.15, 0.2) is 0 Å². The van der Waals surface area contributed by atoms with E-state index < -0.39 is 0 Å². The Kier molecular flexibility index (Phi) is 5.65. The second-order valence-corrected chi connectivity index (χ2v) is 4.82. The van der Waals surface area contributed by atoms with Crippen molar-refractivity contribution in [3.8, 4) is 0 Å². The second kappa shape index (κ2) is 6.77. The van der Waals surface area contributed by atoms with Gasteiger partial charge in [0.1, 0.15) is 0 Å². The molecular formula is C13H25N3O. The number of rotatable bonds is 7. The number of hydrogen-bond donors (Lipinski definition) is 1. The topological polar surface area (TPSA) is 39.1 Å². The quantitative estimate of drug-likeness (QED) is 0.786. The molecule has 1 heterocycles. The highest BCUT2D eigenvalue weighted by molar-refractivity contribution is 5.00. The lowest BCUT2D eigenvalue weighted by Gasteiger charge is -2.28. The van der Waals surface area contributed by atoms with E-state index in [1.165, 1.54) is 5.69 Å². The maximum atomic E-state index is 5.58. The van der Waals surface area contributed by atoms with Crippen LogP contribution >= 0.6 is 0 Å². The first kappa shape index (κ1) is 14.2. The van der Waals surface area contributed by atoms with Crippen LogP contribution < -0.4 is 5.32 Å². The van der Waals surface area contributed by atoms with Crippen molar-refractivity contribution in [2.75, 3.05) is 14.2 Å². The fourth-order valence-corrected chi connectivity index (χ4v) is 2.32. The summed E-state index contributed by atoms with van der Waals surface area (Å²) in [6, 6.07) is 2.46. The molecule has 0 aliphatic carbocycles. The molecule has 2 atom stereocenters. The first-order valence-electron chi connectivity index (χ1n) is 6.27. The zero-order valence-electron chi connectivity index (χ0n) is 11.6. The van der Waals surface area contributed by atoms with Crippen LogP contribution in [0.4, 0.5) is 0 Å². The number of aromatic nitrogens is 2. The van der Waals surface area contributed by atoms with E-state index in [-0.39, 0.29) is 6.10 Å². The molecule has 1 aromatic rings. The highest BCUT2D eigenvalue weighted by Crippen LogP contribution is 2.15. The van der Waals surface area contributed by atoms with Gasteiger partial charge in [0.25, 0.3) is 0 Å². The maximum Gasteiger partial charge on any atom is 0.0747 e. The van der Waals surface area contributed by atoms with Crippen molar-refractivity contribution >= 4 is 0 Å². The lowest BCUT2D eigenvalue weighted by molar-refractivity contribution is 0.0329. The molecule has 0 bridgehead atoms. The van der Waals surface area contributed by atoms with Crippen molar-refractivity contribution in [2.45, 2.75) is 38.8 Å². The maximum absolute atomic E-state index is 5.58. The van der Waals surface area contributed by atoms with E-state index in [9.17, 15) is 0 Å². The summed E-state index contributed by atoms with van der Waals surface area (Å²) in [6.45, 7) is 4.39. The third-order valence-corrected chi connectivity index (χ3v) is 3.33. The Morgan fingerprint density at radius 2 is 2.18 bits per heavy atom. The van der Waals surface area contributed by atoms with Crippen molar-refractivity contribution in [3.63, 3.8) is 0 Å². The first-order valence-corrected chi connectivity index (χ1v) is 6.27. The lowest BCUT2D eigenvalue weighted by Crippen LogP contribution is -2.42. The van der Waals surface area contributed by atoms with E-state index in [0.29, 0.717) is 12.0 Å². The summed E-state index contributed by atoms with van der Waals surface area (Å²) in [6.07, 6.45) is 4.19. The molecule has 0 aromatic carbocycles. The predicted octanol–water partition coefficient (Wildman–Crippen LogP) is 1.61. The number of nitrogens with one attached hydrogen (secondary N) is 1. The van der Waals surface area contributed by atoms with Crippen molar-refractivity contribution in [2.24, 2.45) is 13.0 Å². The van der Waals surface area contributed by atoms with E-state index in [4.69, 9.17) is 4.74 Å². The average molecular weight is 239 g/mol. The van der Waals surface area contributed by atoms with Crippen LogP contribution in [-0.2, 0) is 18.2 Å². The van der Waals surface area contributed by atoms with Crippen LogP contribution in [0.15, 0.2) is 12.3 Å². The Balaban J connectivity index is 2.55. The molecule has 1 aromatic heterocycles. The molecule has 4 heteroatoms. The van der Waals surface area contributed by atoms with Crippen LogP contribution in [0.1, 0.15) is 26.0 Å². The zero-order valence-corrected chi connectivity index (χ0v) is 11.6. The van der Waals surface area contributed by atoms with Gasteiger partial charge in [-0.05, 0) is 31.9 Å². The van der Waals surface area contributed by atoms with Gasteiger partial charge >= 0.3 is 0 Å². The molecule has 1 rings (SSSR count). The summed E-state index contributed by atoms with van der Waals surface area (Å²) in [5.41, 5.74) is 1.27. The van der Waals surface area contributed by atoms with Gasteiger partial charge in [-0.3, -0.25) is 4.68 Å². The Bertz CT molecular complexity index is 322. The standard InChI is InChI=1S/C13H25N3O/c1-10(2)13(17-5)12(14-3)7-6-11-8-9-15-16(11)4/h8-10,12-14H,6-7H2,1-5H3. The number of likely N-dealkylation sites (N-methyl/N-ethyl adjacent to an activating group) is 1. The smallest absolute Gasteiger partial charge is 0.0747 e. The Hall–Kier alpha value is -0.870. The molecule has 0 aliphatic rings. The van der Waals surface area contributed by atoms with E-state index in [2.05, 4.69) is 30.3 Å². The molecule has 0 aliphatic heterocycles. The first-order chi connectivity index (χ1) is 8.10. The van der Waals surface area contributed by atoms with Gasteiger partial charge in [-0.1, -0.05) is 13.8 Å². The minimum atomic E-state index is 0.258. The summed E-state index contributed by atoms with van der Waals surface area (Å²) in [5, 5.41) is 7.55.